The minimum Gasteiger partial charge on any atom is -0.496 e. The predicted molar refractivity (Wildman–Crippen MR) is 81.9 cm³/mol. The summed E-state index contributed by atoms with van der Waals surface area (Å²) < 4.78 is 5.39. The fourth-order valence-corrected chi connectivity index (χ4v) is 2.81. The number of ether oxygens (including phenoxy) is 1. The van der Waals surface area contributed by atoms with Gasteiger partial charge < -0.3 is 20.1 Å². The van der Waals surface area contributed by atoms with E-state index in [9.17, 15) is 9.59 Å². The number of nitrogens with one attached hydrogen (secondary N) is 1. The molecule has 0 radical (unpaired) electrons. The lowest BCUT2D eigenvalue weighted by atomic mass is 10.0. The number of carbonyl (C=O) groups is 2. The van der Waals surface area contributed by atoms with Crippen LogP contribution in [-0.2, 0) is 4.79 Å². The van der Waals surface area contributed by atoms with Crippen LogP contribution in [0.15, 0.2) is 24.3 Å². The predicted octanol–water partition coefficient (Wildman–Crippen LogP) is 2.41. The molecule has 1 aromatic rings. The first-order valence-corrected chi connectivity index (χ1v) is 7.52. The Bertz CT molecular complexity index is 533. The molecule has 1 fully saturated rings. The molecule has 2 N–H and O–H groups in total. The van der Waals surface area contributed by atoms with E-state index < -0.39 is 5.97 Å². The molecule has 2 amide bonds. The molecule has 1 aliphatic rings. The summed E-state index contributed by atoms with van der Waals surface area (Å²) in [5.41, 5.74) is 1.02. The SMILES string of the molecule is COc1ccccc1C1CCCN1C(=O)NCCCC(=O)O. The summed E-state index contributed by atoms with van der Waals surface area (Å²) in [5, 5.41) is 11.4. The Hall–Kier alpha value is -2.24. The molecule has 120 valence electrons. The van der Waals surface area contributed by atoms with Gasteiger partial charge in [-0.15, -0.1) is 0 Å². The van der Waals surface area contributed by atoms with E-state index in [1.54, 1.807) is 12.0 Å². The van der Waals surface area contributed by atoms with Crippen molar-refractivity contribution < 1.29 is 19.4 Å². The fraction of sp³-hybridized carbons (Fsp3) is 0.500. The van der Waals surface area contributed by atoms with E-state index in [0.29, 0.717) is 19.5 Å². The summed E-state index contributed by atoms with van der Waals surface area (Å²) in [4.78, 5) is 24.6. The molecule has 1 aromatic carbocycles. The standard InChI is InChI=1S/C16H22N2O4/c1-22-14-8-3-2-6-12(14)13-7-5-11-18(13)16(21)17-10-4-9-15(19)20/h2-3,6,8,13H,4-5,7,9-11H2,1H3,(H,17,21)(H,19,20). The zero-order valence-corrected chi connectivity index (χ0v) is 12.7. The van der Waals surface area contributed by atoms with Gasteiger partial charge in [0.1, 0.15) is 5.75 Å². The van der Waals surface area contributed by atoms with Crippen LogP contribution in [0.2, 0.25) is 0 Å². The van der Waals surface area contributed by atoms with Gasteiger partial charge >= 0.3 is 12.0 Å². The molecule has 1 saturated heterocycles. The van der Waals surface area contributed by atoms with Crippen LogP contribution >= 0.6 is 0 Å². The van der Waals surface area contributed by atoms with Gasteiger partial charge in [-0.3, -0.25) is 4.79 Å². The minimum atomic E-state index is -0.845. The smallest absolute Gasteiger partial charge is 0.317 e. The number of carbonyl (C=O) groups excluding carboxylic acids is 1. The summed E-state index contributed by atoms with van der Waals surface area (Å²) in [7, 11) is 1.63. The molecular weight excluding hydrogens is 284 g/mol. The fourth-order valence-electron chi connectivity index (χ4n) is 2.81. The van der Waals surface area contributed by atoms with Gasteiger partial charge in [-0.25, -0.2) is 4.79 Å². The molecule has 1 heterocycles. The lowest BCUT2D eigenvalue weighted by Gasteiger charge is -2.26. The van der Waals surface area contributed by atoms with E-state index in [2.05, 4.69) is 5.32 Å². The van der Waals surface area contributed by atoms with Gasteiger partial charge in [-0.2, -0.15) is 0 Å². The van der Waals surface area contributed by atoms with Gasteiger partial charge in [0.25, 0.3) is 0 Å². The zero-order chi connectivity index (χ0) is 15.9. The van der Waals surface area contributed by atoms with Gasteiger partial charge in [0.05, 0.1) is 13.2 Å². The van der Waals surface area contributed by atoms with Gasteiger partial charge in [0.15, 0.2) is 0 Å². The maximum Gasteiger partial charge on any atom is 0.317 e. The Labute approximate surface area is 130 Å². The van der Waals surface area contributed by atoms with Crippen molar-refractivity contribution in [2.45, 2.75) is 31.7 Å². The van der Waals surface area contributed by atoms with Crippen LogP contribution in [0, 0.1) is 0 Å². The van der Waals surface area contributed by atoms with Crippen molar-refractivity contribution in [3.63, 3.8) is 0 Å². The number of nitrogens with zero attached hydrogens (tertiary/aromatic N) is 1. The number of benzene rings is 1. The number of para-hydroxylation sites is 1. The van der Waals surface area contributed by atoms with Gasteiger partial charge in [-0.05, 0) is 25.3 Å². The number of hydrogen-bond acceptors (Lipinski definition) is 3. The van der Waals surface area contributed by atoms with Crippen molar-refractivity contribution >= 4 is 12.0 Å². The molecule has 0 aromatic heterocycles. The van der Waals surface area contributed by atoms with Crippen molar-refractivity contribution in [1.29, 1.82) is 0 Å². The van der Waals surface area contributed by atoms with Crippen molar-refractivity contribution in [3.8, 4) is 5.75 Å². The molecule has 1 atom stereocenters. The summed E-state index contributed by atoms with van der Waals surface area (Å²) in [6, 6.07) is 7.61. The van der Waals surface area contributed by atoms with E-state index in [1.165, 1.54) is 0 Å². The van der Waals surface area contributed by atoms with Crippen molar-refractivity contribution in [2.24, 2.45) is 0 Å². The molecule has 0 saturated carbocycles. The highest BCUT2D eigenvalue weighted by molar-refractivity contribution is 5.75. The highest BCUT2D eigenvalue weighted by atomic mass is 16.5. The van der Waals surface area contributed by atoms with Crippen molar-refractivity contribution in [2.75, 3.05) is 20.2 Å². The first-order chi connectivity index (χ1) is 10.6. The Morgan fingerprint density at radius 3 is 2.91 bits per heavy atom. The van der Waals surface area contributed by atoms with Crippen molar-refractivity contribution in [3.05, 3.63) is 29.8 Å². The molecule has 6 nitrogen and oxygen atoms in total. The quantitative estimate of drug-likeness (QED) is 0.791. The highest BCUT2D eigenvalue weighted by Gasteiger charge is 2.31. The topological polar surface area (TPSA) is 78.9 Å². The maximum absolute atomic E-state index is 12.3. The van der Waals surface area contributed by atoms with Crippen LogP contribution in [-0.4, -0.2) is 42.2 Å². The third-order valence-electron chi connectivity index (χ3n) is 3.86. The zero-order valence-electron chi connectivity index (χ0n) is 12.7. The average molecular weight is 306 g/mol. The molecule has 1 aliphatic heterocycles. The molecule has 0 bridgehead atoms. The number of urea groups is 1. The molecular formula is C16H22N2O4. The largest absolute Gasteiger partial charge is 0.496 e. The average Bonchev–Trinajstić information content (AvgIpc) is 3.00. The number of likely N-dealkylation sites (tertiary alicyclic amines) is 1. The van der Waals surface area contributed by atoms with E-state index in [4.69, 9.17) is 9.84 Å². The lowest BCUT2D eigenvalue weighted by molar-refractivity contribution is -0.137. The van der Waals surface area contributed by atoms with E-state index >= 15 is 0 Å². The Balaban J connectivity index is 1.98. The Kier molecular flexibility index (Phi) is 5.63. The van der Waals surface area contributed by atoms with E-state index in [1.807, 2.05) is 24.3 Å². The molecule has 22 heavy (non-hydrogen) atoms. The number of aliphatic carboxylic acids is 1. The van der Waals surface area contributed by atoms with Gasteiger partial charge in [0.2, 0.25) is 0 Å². The highest BCUT2D eigenvalue weighted by Crippen LogP contribution is 2.36. The third-order valence-corrected chi connectivity index (χ3v) is 3.86. The second-order valence-corrected chi connectivity index (χ2v) is 5.32. The minimum absolute atomic E-state index is 0.00984. The van der Waals surface area contributed by atoms with Crippen LogP contribution in [0.5, 0.6) is 5.75 Å². The normalized spacial score (nSPS) is 17.3. The first-order valence-electron chi connectivity index (χ1n) is 7.52. The lowest BCUT2D eigenvalue weighted by Crippen LogP contribution is -2.40. The second kappa shape index (κ2) is 7.68. The Morgan fingerprint density at radius 1 is 1.41 bits per heavy atom. The van der Waals surface area contributed by atoms with Gasteiger partial charge in [-0.1, -0.05) is 18.2 Å². The Morgan fingerprint density at radius 2 is 2.18 bits per heavy atom. The van der Waals surface area contributed by atoms with Crippen LogP contribution in [0.3, 0.4) is 0 Å². The summed E-state index contributed by atoms with van der Waals surface area (Å²) in [6.07, 6.45) is 2.36. The number of methoxy groups -OCH3 is 1. The van der Waals surface area contributed by atoms with Crippen LogP contribution in [0.4, 0.5) is 4.79 Å². The first kappa shape index (κ1) is 16.1. The number of carboxylic acid groups (broad SMARTS) is 1. The van der Waals surface area contributed by atoms with Crippen LogP contribution in [0.25, 0.3) is 0 Å². The van der Waals surface area contributed by atoms with E-state index in [0.717, 1.165) is 24.2 Å². The van der Waals surface area contributed by atoms with E-state index in [-0.39, 0.29) is 18.5 Å². The van der Waals surface area contributed by atoms with Crippen molar-refractivity contribution in [1.82, 2.24) is 10.2 Å². The van der Waals surface area contributed by atoms with Gasteiger partial charge in [0, 0.05) is 25.1 Å². The molecule has 0 spiro atoms. The molecule has 2 rings (SSSR count). The number of amides is 2. The number of carboxylic acids is 1. The molecule has 0 aliphatic carbocycles. The maximum atomic E-state index is 12.3. The molecule has 1 unspecified atom stereocenters. The number of hydrogen-bond donors (Lipinski definition) is 2. The van der Waals surface area contributed by atoms with Crippen LogP contribution < -0.4 is 10.1 Å². The van der Waals surface area contributed by atoms with Crippen LogP contribution in [0.1, 0.15) is 37.3 Å². The summed E-state index contributed by atoms with van der Waals surface area (Å²) >= 11 is 0. The monoisotopic (exact) mass is 306 g/mol. The summed E-state index contributed by atoms with van der Waals surface area (Å²) in [6.45, 7) is 1.08. The number of rotatable bonds is 6. The molecule has 6 heteroatoms. The summed E-state index contributed by atoms with van der Waals surface area (Å²) in [5.74, 6) is -0.0552. The third kappa shape index (κ3) is 3.90. The second-order valence-electron chi connectivity index (χ2n) is 5.32.